The highest BCUT2D eigenvalue weighted by Gasteiger charge is 2.22. The number of rotatable bonds is 6. The van der Waals surface area contributed by atoms with Gasteiger partial charge in [-0.2, -0.15) is 0 Å². The molecule has 0 aliphatic carbocycles. The molecule has 1 amide bonds. The summed E-state index contributed by atoms with van der Waals surface area (Å²) in [5.41, 5.74) is 1.88. The SMILES string of the molecule is O=C(NCCc1ccc2c(c1)OCCO2)c1cc([N+](=O)[O-])ccc1N1CCOCC1. The van der Waals surface area contributed by atoms with Crippen LogP contribution < -0.4 is 19.7 Å². The predicted molar refractivity (Wildman–Crippen MR) is 110 cm³/mol. The van der Waals surface area contributed by atoms with E-state index < -0.39 is 4.92 Å². The molecule has 0 atom stereocenters. The minimum atomic E-state index is -0.491. The number of nitro benzene ring substituents is 1. The minimum Gasteiger partial charge on any atom is -0.486 e. The number of morpholine rings is 1. The van der Waals surface area contributed by atoms with Crippen molar-refractivity contribution in [1.82, 2.24) is 5.32 Å². The molecule has 0 aromatic heterocycles. The van der Waals surface area contributed by atoms with Crippen molar-refractivity contribution in [3.05, 3.63) is 57.6 Å². The van der Waals surface area contributed by atoms with Crippen molar-refractivity contribution in [2.24, 2.45) is 0 Å². The summed E-state index contributed by atoms with van der Waals surface area (Å²) in [7, 11) is 0. The van der Waals surface area contributed by atoms with Gasteiger partial charge in [0.15, 0.2) is 11.5 Å². The highest BCUT2D eigenvalue weighted by Crippen LogP contribution is 2.31. The lowest BCUT2D eigenvalue weighted by molar-refractivity contribution is -0.384. The number of nitrogens with zero attached hydrogens (tertiary/aromatic N) is 2. The fourth-order valence-electron chi connectivity index (χ4n) is 3.56. The third-order valence-electron chi connectivity index (χ3n) is 5.09. The van der Waals surface area contributed by atoms with Crippen LogP contribution in [0.1, 0.15) is 15.9 Å². The number of anilines is 1. The standard InChI is InChI=1S/C21H23N3O6/c25-21(22-6-5-15-1-4-19-20(13-15)30-12-11-29-19)17-14-16(24(26)27)2-3-18(17)23-7-9-28-10-8-23/h1-4,13-14H,5-12H2,(H,22,25). The van der Waals surface area contributed by atoms with E-state index in [1.807, 2.05) is 23.1 Å². The molecular formula is C21H23N3O6. The first-order valence-electron chi connectivity index (χ1n) is 9.90. The Labute approximate surface area is 173 Å². The van der Waals surface area contributed by atoms with Crippen molar-refractivity contribution < 1.29 is 23.9 Å². The zero-order valence-corrected chi connectivity index (χ0v) is 16.5. The lowest BCUT2D eigenvalue weighted by Gasteiger charge is -2.30. The Morgan fingerprint density at radius 2 is 1.80 bits per heavy atom. The van der Waals surface area contributed by atoms with E-state index in [2.05, 4.69) is 5.32 Å². The summed E-state index contributed by atoms with van der Waals surface area (Å²) < 4.78 is 16.5. The molecule has 2 aromatic carbocycles. The Kier molecular flexibility index (Phi) is 5.99. The summed E-state index contributed by atoms with van der Waals surface area (Å²) in [5.74, 6) is 1.09. The van der Waals surface area contributed by atoms with E-state index >= 15 is 0 Å². The van der Waals surface area contributed by atoms with Crippen LogP contribution in [-0.2, 0) is 11.2 Å². The quantitative estimate of drug-likeness (QED) is 0.572. The van der Waals surface area contributed by atoms with Crippen molar-refractivity contribution in [2.45, 2.75) is 6.42 Å². The second-order valence-electron chi connectivity index (χ2n) is 7.04. The third-order valence-corrected chi connectivity index (χ3v) is 5.09. The van der Waals surface area contributed by atoms with E-state index in [0.29, 0.717) is 69.5 Å². The molecule has 2 heterocycles. The number of benzene rings is 2. The van der Waals surface area contributed by atoms with E-state index in [9.17, 15) is 14.9 Å². The highest BCUT2D eigenvalue weighted by molar-refractivity contribution is 6.00. The Hall–Kier alpha value is -3.33. The molecule has 2 aliphatic rings. The number of nitro groups is 1. The number of amides is 1. The van der Waals surface area contributed by atoms with Gasteiger partial charge in [0.25, 0.3) is 11.6 Å². The van der Waals surface area contributed by atoms with Crippen molar-refractivity contribution in [1.29, 1.82) is 0 Å². The normalized spacial score (nSPS) is 15.5. The smallest absolute Gasteiger partial charge is 0.270 e. The van der Waals surface area contributed by atoms with E-state index in [-0.39, 0.29) is 11.6 Å². The summed E-state index contributed by atoms with van der Waals surface area (Å²) in [5, 5.41) is 14.1. The molecule has 1 fully saturated rings. The predicted octanol–water partition coefficient (Wildman–Crippen LogP) is 2.18. The van der Waals surface area contributed by atoms with Crippen LogP contribution in [0.5, 0.6) is 11.5 Å². The van der Waals surface area contributed by atoms with Gasteiger partial charge < -0.3 is 24.4 Å². The lowest BCUT2D eigenvalue weighted by atomic mass is 10.1. The van der Waals surface area contributed by atoms with Gasteiger partial charge in [-0.3, -0.25) is 14.9 Å². The highest BCUT2D eigenvalue weighted by atomic mass is 16.6. The number of hydrogen-bond donors (Lipinski definition) is 1. The van der Waals surface area contributed by atoms with Gasteiger partial charge in [0.2, 0.25) is 0 Å². The fraction of sp³-hybridized carbons (Fsp3) is 0.381. The van der Waals surface area contributed by atoms with Crippen LogP contribution >= 0.6 is 0 Å². The Morgan fingerprint density at radius 1 is 1.03 bits per heavy atom. The van der Waals surface area contributed by atoms with Gasteiger partial charge >= 0.3 is 0 Å². The van der Waals surface area contributed by atoms with Crippen molar-refractivity contribution >= 4 is 17.3 Å². The van der Waals surface area contributed by atoms with Gasteiger partial charge in [0.05, 0.1) is 29.4 Å². The third kappa shape index (κ3) is 4.46. The molecule has 2 aliphatic heterocycles. The maximum atomic E-state index is 12.9. The largest absolute Gasteiger partial charge is 0.486 e. The Morgan fingerprint density at radius 3 is 2.57 bits per heavy atom. The molecule has 0 spiro atoms. The van der Waals surface area contributed by atoms with E-state index in [1.54, 1.807) is 6.07 Å². The fourth-order valence-corrected chi connectivity index (χ4v) is 3.56. The number of fused-ring (bicyclic) bond motifs is 1. The van der Waals surface area contributed by atoms with Crippen molar-refractivity contribution in [3.8, 4) is 11.5 Å². The summed E-state index contributed by atoms with van der Waals surface area (Å²) in [4.78, 5) is 25.6. The summed E-state index contributed by atoms with van der Waals surface area (Å²) in [6, 6.07) is 10.1. The van der Waals surface area contributed by atoms with Crippen LogP contribution in [0.2, 0.25) is 0 Å². The molecule has 4 rings (SSSR count). The maximum absolute atomic E-state index is 12.9. The molecule has 30 heavy (non-hydrogen) atoms. The van der Waals surface area contributed by atoms with E-state index in [0.717, 1.165) is 11.3 Å². The van der Waals surface area contributed by atoms with Gasteiger partial charge in [0, 0.05) is 31.8 Å². The zero-order chi connectivity index (χ0) is 20.9. The average molecular weight is 413 g/mol. The van der Waals surface area contributed by atoms with Crippen LogP contribution in [-0.4, -0.2) is 56.9 Å². The number of carbonyl (C=O) groups is 1. The topological polar surface area (TPSA) is 103 Å². The van der Waals surface area contributed by atoms with Gasteiger partial charge in [0.1, 0.15) is 13.2 Å². The minimum absolute atomic E-state index is 0.107. The number of non-ortho nitro benzene ring substituents is 1. The second-order valence-corrected chi connectivity index (χ2v) is 7.04. The Bertz CT molecular complexity index is 942. The number of hydrogen-bond acceptors (Lipinski definition) is 7. The summed E-state index contributed by atoms with van der Waals surface area (Å²) in [6.07, 6.45) is 0.601. The average Bonchev–Trinajstić information content (AvgIpc) is 2.79. The molecule has 0 unspecified atom stereocenters. The molecule has 0 radical (unpaired) electrons. The van der Waals surface area contributed by atoms with Crippen LogP contribution in [0.15, 0.2) is 36.4 Å². The molecule has 0 bridgehead atoms. The summed E-state index contributed by atoms with van der Waals surface area (Å²) in [6.45, 7) is 3.83. The molecule has 9 heteroatoms. The van der Waals surface area contributed by atoms with Crippen LogP contribution in [0, 0.1) is 10.1 Å². The molecule has 1 saturated heterocycles. The van der Waals surface area contributed by atoms with E-state index in [4.69, 9.17) is 14.2 Å². The molecule has 1 N–H and O–H groups in total. The monoisotopic (exact) mass is 413 g/mol. The number of nitrogens with one attached hydrogen (secondary N) is 1. The summed E-state index contributed by atoms with van der Waals surface area (Å²) >= 11 is 0. The lowest BCUT2D eigenvalue weighted by Crippen LogP contribution is -2.38. The van der Waals surface area contributed by atoms with Gasteiger partial charge in [-0.05, 0) is 30.2 Å². The zero-order valence-electron chi connectivity index (χ0n) is 16.5. The molecular weight excluding hydrogens is 390 g/mol. The maximum Gasteiger partial charge on any atom is 0.270 e. The molecule has 158 valence electrons. The number of carbonyl (C=O) groups excluding carboxylic acids is 1. The number of ether oxygens (including phenoxy) is 3. The van der Waals surface area contributed by atoms with Crippen molar-refractivity contribution in [2.75, 3.05) is 51.0 Å². The first kappa shape index (κ1) is 20.0. The van der Waals surface area contributed by atoms with Gasteiger partial charge in [-0.15, -0.1) is 0 Å². The molecule has 9 nitrogen and oxygen atoms in total. The first-order chi connectivity index (χ1) is 14.6. The first-order valence-corrected chi connectivity index (χ1v) is 9.90. The van der Waals surface area contributed by atoms with Crippen LogP contribution in [0.3, 0.4) is 0 Å². The van der Waals surface area contributed by atoms with E-state index in [1.165, 1.54) is 12.1 Å². The van der Waals surface area contributed by atoms with Crippen LogP contribution in [0.4, 0.5) is 11.4 Å². The van der Waals surface area contributed by atoms with Crippen LogP contribution in [0.25, 0.3) is 0 Å². The second kappa shape index (κ2) is 9.00. The van der Waals surface area contributed by atoms with Crippen molar-refractivity contribution in [3.63, 3.8) is 0 Å². The molecule has 2 aromatic rings. The molecule has 0 saturated carbocycles. The van der Waals surface area contributed by atoms with Gasteiger partial charge in [-0.25, -0.2) is 0 Å². The van der Waals surface area contributed by atoms with Gasteiger partial charge in [-0.1, -0.05) is 6.07 Å². The Balaban J connectivity index is 1.45.